The highest BCUT2D eigenvalue weighted by atomic mass is 31.2. The minimum absolute atomic E-state index is 0.0872. The lowest BCUT2D eigenvalue weighted by Crippen LogP contribution is -2.16. The van der Waals surface area contributed by atoms with Crippen LogP contribution in [0.5, 0.6) is 0 Å². The van der Waals surface area contributed by atoms with Crippen LogP contribution in [0.15, 0.2) is 0 Å². The van der Waals surface area contributed by atoms with Crippen molar-refractivity contribution in [3.63, 3.8) is 0 Å². The fourth-order valence-corrected chi connectivity index (χ4v) is 0.933. The Hall–Kier alpha value is 0.150. The van der Waals surface area contributed by atoms with Crippen molar-refractivity contribution in [2.45, 2.75) is 20.8 Å². The lowest BCUT2D eigenvalue weighted by atomic mass is 9.99. The van der Waals surface area contributed by atoms with Crippen LogP contribution in [0.25, 0.3) is 0 Å². The lowest BCUT2D eigenvalue weighted by Gasteiger charge is -2.24. The molecule has 1 unspecified atom stereocenters. The summed E-state index contributed by atoms with van der Waals surface area (Å²) in [6.07, 6.45) is 0. The molecule has 0 N–H and O–H groups in total. The number of rotatable bonds is 2. The monoisotopic (exact) mass is 165 g/mol. The van der Waals surface area contributed by atoms with Gasteiger partial charge in [0, 0.05) is 6.66 Å². The quantitative estimate of drug-likeness (QED) is 0.578. The van der Waals surface area contributed by atoms with E-state index in [1.54, 1.807) is 0 Å². The fraction of sp³-hybridized carbons (Fsp3) is 1.00. The second kappa shape index (κ2) is 3.04. The molecular weight excluding hydrogens is 151 g/mol. The van der Waals surface area contributed by atoms with E-state index in [1.165, 1.54) is 0 Å². The largest absolute Gasteiger partial charge is 0.779 e. The van der Waals surface area contributed by atoms with Gasteiger partial charge in [0.2, 0.25) is 0 Å². The topological polar surface area (TPSA) is 49.4 Å². The molecule has 10 heavy (non-hydrogen) atoms. The van der Waals surface area contributed by atoms with Gasteiger partial charge in [-0.1, -0.05) is 20.8 Å². The molecule has 0 aromatic rings. The third kappa shape index (κ3) is 8.15. The van der Waals surface area contributed by atoms with E-state index in [9.17, 15) is 9.46 Å². The summed E-state index contributed by atoms with van der Waals surface area (Å²) >= 11 is 0. The molecule has 3 nitrogen and oxygen atoms in total. The first kappa shape index (κ1) is 10.2. The summed E-state index contributed by atoms with van der Waals surface area (Å²) < 4.78 is 15.1. The Morgan fingerprint density at radius 2 is 1.90 bits per heavy atom. The van der Waals surface area contributed by atoms with Gasteiger partial charge in [-0.2, -0.15) is 0 Å². The molecule has 0 bridgehead atoms. The maximum absolute atomic E-state index is 10.5. The van der Waals surface area contributed by atoms with Gasteiger partial charge in [0.05, 0.1) is 6.61 Å². The van der Waals surface area contributed by atoms with E-state index in [2.05, 4.69) is 4.52 Å². The van der Waals surface area contributed by atoms with Crippen molar-refractivity contribution in [3.05, 3.63) is 0 Å². The summed E-state index contributed by atoms with van der Waals surface area (Å²) in [4.78, 5) is 10.5. The molecular formula is C6H14O3P-. The van der Waals surface area contributed by atoms with Crippen molar-refractivity contribution in [1.82, 2.24) is 0 Å². The summed E-state index contributed by atoms with van der Waals surface area (Å²) in [7, 11) is -3.51. The zero-order valence-electron chi connectivity index (χ0n) is 6.88. The van der Waals surface area contributed by atoms with Gasteiger partial charge in [0.1, 0.15) is 7.60 Å². The average Bonchev–Trinajstić information content (AvgIpc) is 1.57. The highest BCUT2D eigenvalue weighted by Crippen LogP contribution is 2.33. The van der Waals surface area contributed by atoms with Gasteiger partial charge < -0.3 is 14.0 Å². The summed E-state index contributed by atoms with van der Waals surface area (Å²) in [5.74, 6) is 0. The highest BCUT2D eigenvalue weighted by molar-refractivity contribution is 7.50. The van der Waals surface area contributed by atoms with Crippen LogP contribution in [-0.2, 0) is 9.09 Å². The van der Waals surface area contributed by atoms with E-state index in [0.29, 0.717) is 0 Å². The fourth-order valence-electron chi connectivity index (χ4n) is 0.311. The van der Waals surface area contributed by atoms with Crippen molar-refractivity contribution in [2.24, 2.45) is 5.41 Å². The molecule has 0 aliphatic carbocycles. The molecule has 0 aliphatic rings. The van der Waals surface area contributed by atoms with Gasteiger partial charge >= 0.3 is 0 Å². The Labute approximate surface area is 61.9 Å². The van der Waals surface area contributed by atoms with E-state index in [4.69, 9.17) is 0 Å². The molecule has 0 spiro atoms. The second-order valence-corrected chi connectivity index (χ2v) is 5.41. The predicted molar refractivity (Wildman–Crippen MR) is 38.9 cm³/mol. The Bertz CT molecular complexity index is 142. The Balaban J connectivity index is 3.67. The molecule has 0 radical (unpaired) electrons. The molecule has 62 valence electrons. The minimum Gasteiger partial charge on any atom is -0.779 e. The van der Waals surface area contributed by atoms with Crippen molar-refractivity contribution in [2.75, 3.05) is 13.3 Å². The SMILES string of the molecule is CC(C)(C)COP(C)(=O)[O-]. The summed E-state index contributed by atoms with van der Waals surface area (Å²) in [5.41, 5.74) is -0.0872. The molecule has 4 heteroatoms. The van der Waals surface area contributed by atoms with Gasteiger partial charge in [0.15, 0.2) is 0 Å². The molecule has 0 heterocycles. The smallest absolute Gasteiger partial charge is 0.131 e. The minimum atomic E-state index is -3.51. The van der Waals surface area contributed by atoms with Crippen LogP contribution >= 0.6 is 7.60 Å². The van der Waals surface area contributed by atoms with Crippen molar-refractivity contribution < 1.29 is 14.0 Å². The maximum Gasteiger partial charge on any atom is 0.131 e. The van der Waals surface area contributed by atoms with Gasteiger partial charge in [-0.25, -0.2) is 0 Å². The van der Waals surface area contributed by atoms with Crippen molar-refractivity contribution in [1.29, 1.82) is 0 Å². The first-order valence-corrected chi connectivity index (χ1v) is 5.13. The van der Waals surface area contributed by atoms with Crippen LogP contribution in [0, 0.1) is 5.41 Å². The summed E-state index contributed by atoms with van der Waals surface area (Å²) in [6.45, 7) is 7.09. The van der Waals surface area contributed by atoms with Crippen molar-refractivity contribution in [3.8, 4) is 0 Å². The van der Waals surface area contributed by atoms with Crippen LogP contribution in [-0.4, -0.2) is 13.3 Å². The van der Waals surface area contributed by atoms with Gasteiger partial charge in [0.25, 0.3) is 0 Å². The van der Waals surface area contributed by atoms with Gasteiger partial charge in [-0.15, -0.1) is 0 Å². The Kier molecular flexibility index (Phi) is 3.08. The van der Waals surface area contributed by atoms with Crippen LogP contribution in [0.2, 0.25) is 0 Å². The number of hydrogen-bond acceptors (Lipinski definition) is 3. The van der Waals surface area contributed by atoms with E-state index in [1.807, 2.05) is 20.8 Å². The lowest BCUT2D eigenvalue weighted by molar-refractivity contribution is -0.198. The van der Waals surface area contributed by atoms with Gasteiger partial charge in [-0.3, -0.25) is 0 Å². The van der Waals surface area contributed by atoms with E-state index >= 15 is 0 Å². The normalized spacial score (nSPS) is 18.5. The van der Waals surface area contributed by atoms with Gasteiger partial charge in [-0.05, 0) is 5.41 Å². The zero-order chi connectivity index (χ0) is 8.41. The van der Waals surface area contributed by atoms with E-state index < -0.39 is 7.60 Å². The maximum atomic E-state index is 10.5. The standard InChI is InChI=1S/C6H15O3P/c1-6(2,3)5-9-10(4,7)8/h5H2,1-4H3,(H,7,8)/p-1. The highest BCUT2D eigenvalue weighted by Gasteiger charge is 2.12. The first-order valence-electron chi connectivity index (χ1n) is 3.14. The molecule has 0 amide bonds. The molecule has 0 aromatic heterocycles. The third-order valence-electron chi connectivity index (χ3n) is 0.732. The van der Waals surface area contributed by atoms with Crippen LogP contribution in [0.4, 0.5) is 0 Å². The Morgan fingerprint density at radius 3 is 2.00 bits per heavy atom. The predicted octanol–water partition coefficient (Wildman–Crippen LogP) is 1.23. The molecule has 0 rings (SSSR count). The third-order valence-corrected chi connectivity index (χ3v) is 1.33. The molecule has 0 saturated heterocycles. The van der Waals surface area contributed by atoms with Crippen molar-refractivity contribution >= 4 is 7.60 Å². The number of hydrogen-bond donors (Lipinski definition) is 0. The first-order chi connectivity index (χ1) is 4.21. The molecule has 0 fully saturated rings. The van der Waals surface area contributed by atoms with Crippen LogP contribution < -0.4 is 4.89 Å². The Morgan fingerprint density at radius 1 is 1.50 bits per heavy atom. The molecule has 0 saturated carbocycles. The van der Waals surface area contributed by atoms with E-state index in [0.717, 1.165) is 6.66 Å². The molecule has 1 atom stereocenters. The molecule has 0 aromatic carbocycles. The average molecular weight is 165 g/mol. The summed E-state index contributed by atoms with van der Waals surface area (Å²) in [6, 6.07) is 0. The summed E-state index contributed by atoms with van der Waals surface area (Å²) in [5, 5.41) is 0. The zero-order valence-corrected chi connectivity index (χ0v) is 7.77. The van der Waals surface area contributed by atoms with Crippen LogP contribution in [0.3, 0.4) is 0 Å². The van der Waals surface area contributed by atoms with E-state index in [-0.39, 0.29) is 12.0 Å². The molecule has 0 aliphatic heterocycles. The van der Waals surface area contributed by atoms with Crippen LogP contribution in [0.1, 0.15) is 20.8 Å². The second-order valence-electron chi connectivity index (χ2n) is 3.61.